The summed E-state index contributed by atoms with van der Waals surface area (Å²) in [6, 6.07) is 12.3. The van der Waals surface area contributed by atoms with Gasteiger partial charge in [-0.25, -0.2) is 0 Å². The van der Waals surface area contributed by atoms with Crippen LogP contribution in [0.4, 0.5) is 5.69 Å². The van der Waals surface area contributed by atoms with Crippen molar-refractivity contribution < 1.29 is 23.7 Å². The van der Waals surface area contributed by atoms with E-state index in [9.17, 15) is 4.79 Å². The Balaban J connectivity index is 1.80. The van der Waals surface area contributed by atoms with Gasteiger partial charge in [0.2, 0.25) is 0 Å². The van der Waals surface area contributed by atoms with E-state index in [-0.39, 0.29) is 5.91 Å². The molecule has 7 heteroatoms. The number of hydrogen-bond acceptors (Lipinski definition) is 6. The zero-order valence-corrected chi connectivity index (χ0v) is 17.4. The van der Waals surface area contributed by atoms with Gasteiger partial charge in [-0.1, -0.05) is 6.07 Å². The molecule has 0 bridgehead atoms. The molecule has 0 fully saturated rings. The maximum atomic E-state index is 12.8. The highest BCUT2D eigenvalue weighted by Crippen LogP contribution is 2.32. The molecule has 1 aromatic heterocycles. The van der Waals surface area contributed by atoms with E-state index in [4.69, 9.17) is 18.9 Å². The topological polar surface area (TPSA) is 78.9 Å². The molecule has 1 heterocycles. The third-order valence-corrected chi connectivity index (χ3v) is 4.55. The summed E-state index contributed by atoms with van der Waals surface area (Å²) in [6.07, 6.45) is 3.44. The number of aromatic nitrogens is 1. The zero-order chi connectivity index (χ0) is 21.5. The predicted molar refractivity (Wildman–Crippen MR) is 114 cm³/mol. The summed E-state index contributed by atoms with van der Waals surface area (Å²) in [7, 11) is 4.67. The second-order valence-electron chi connectivity index (χ2n) is 6.48. The number of ether oxygens (including phenoxy) is 4. The van der Waals surface area contributed by atoms with Gasteiger partial charge in [0, 0.05) is 40.8 Å². The number of amides is 1. The molecule has 0 saturated heterocycles. The number of carbonyl (C=O) groups is 1. The molecule has 3 aromatic rings. The van der Waals surface area contributed by atoms with Crippen LogP contribution in [0.5, 0.6) is 23.0 Å². The second kappa shape index (κ2) is 9.65. The Bertz CT molecular complexity index is 996. The molecule has 0 spiro atoms. The van der Waals surface area contributed by atoms with Gasteiger partial charge in [-0.05, 0) is 37.3 Å². The van der Waals surface area contributed by atoms with Crippen LogP contribution < -0.4 is 24.3 Å². The molecule has 0 aliphatic carbocycles. The molecule has 3 rings (SSSR count). The lowest BCUT2D eigenvalue weighted by Gasteiger charge is -2.14. The van der Waals surface area contributed by atoms with Crippen LogP contribution in [0, 0.1) is 6.92 Å². The number of anilines is 1. The van der Waals surface area contributed by atoms with E-state index in [1.54, 1.807) is 64.1 Å². The molecule has 0 aliphatic heterocycles. The van der Waals surface area contributed by atoms with Gasteiger partial charge in [0.1, 0.15) is 18.1 Å². The van der Waals surface area contributed by atoms with Crippen molar-refractivity contribution >= 4 is 11.6 Å². The zero-order valence-electron chi connectivity index (χ0n) is 17.4. The largest absolute Gasteiger partial charge is 0.496 e. The highest BCUT2D eigenvalue weighted by molar-refractivity contribution is 6.05. The highest BCUT2D eigenvalue weighted by atomic mass is 16.5. The van der Waals surface area contributed by atoms with Gasteiger partial charge < -0.3 is 24.3 Å². The quantitative estimate of drug-likeness (QED) is 0.600. The molecule has 7 nitrogen and oxygen atoms in total. The number of pyridine rings is 1. The number of nitrogens with one attached hydrogen (secondary N) is 1. The number of nitrogens with zero attached hydrogens (tertiary/aromatic N) is 1. The van der Waals surface area contributed by atoms with Crippen LogP contribution >= 0.6 is 0 Å². The lowest BCUT2D eigenvalue weighted by atomic mass is 10.1. The summed E-state index contributed by atoms with van der Waals surface area (Å²) >= 11 is 0. The molecule has 0 saturated carbocycles. The first kappa shape index (κ1) is 21.0. The third-order valence-electron chi connectivity index (χ3n) is 4.55. The minimum atomic E-state index is -0.296. The Labute approximate surface area is 175 Å². The van der Waals surface area contributed by atoms with E-state index < -0.39 is 0 Å². The summed E-state index contributed by atoms with van der Waals surface area (Å²) in [4.78, 5) is 16.9. The van der Waals surface area contributed by atoms with Gasteiger partial charge in [0.25, 0.3) is 5.91 Å². The summed E-state index contributed by atoms with van der Waals surface area (Å²) in [5, 5.41) is 2.87. The number of methoxy groups -OCH3 is 3. The van der Waals surface area contributed by atoms with Crippen molar-refractivity contribution in [2.45, 2.75) is 13.5 Å². The van der Waals surface area contributed by atoms with Gasteiger partial charge in [-0.2, -0.15) is 0 Å². The van der Waals surface area contributed by atoms with Crippen LogP contribution in [0.15, 0.2) is 54.9 Å². The molecule has 0 aliphatic rings. The summed E-state index contributed by atoms with van der Waals surface area (Å²) in [5.74, 6) is 1.94. The van der Waals surface area contributed by atoms with E-state index in [1.165, 1.54) is 0 Å². The molecule has 2 aromatic carbocycles. The summed E-state index contributed by atoms with van der Waals surface area (Å²) < 4.78 is 21.9. The first-order valence-corrected chi connectivity index (χ1v) is 9.29. The molecule has 30 heavy (non-hydrogen) atoms. The Hall–Kier alpha value is -3.74. The maximum absolute atomic E-state index is 12.8. The van der Waals surface area contributed by atoms with Crippen molar-refractivity contribution in [3.63, 3.8) is 0 Å². The molecular formula is C23H24N2O5. The van der Waals surface area contributed by atoms with Gasteiger partial charge in [0.15, 0.2) is 11.5 Å². The van der Waals surface area contributed by atoms with Crippen molar-refractivity contribution in [1.82, 2.24) is 4.98 Å². The van der Waals surface area contributed by atoms with E-state index in [1.807, 2.05) is 19.1 Å². The second-order valence-corrected chi connectivity index (χ2v) is 6.48. The fourth-order valence-electron chi connectivity index (χ4n) is 2.93. The molecule has 1 N–H and O–H groups in total. The van der Waals surface area contributed by atoms with Crippen molar-refractivity contribution in [2.75, 3.05) is 26.6 Å². The number of carbonyl (C=O) groups excluding carboxylic acids is 1. The average Bonchev–Trinajstić information content (AvgIpc) is 2.78. The number of hydrogen-bond donors (Lipinski definition) is 1. The normalized spacial score (nSPS) is 10.3. The summed E-state index contributed by atoms with van der Waals surface area (Å²) in [6.45, 7) is 2.20. The Morgan fingerprint density at radius 2 is 1.63 bits per heavy atom. The molecule has 0 radical (unpaired) electrons. The van der Waals surface area contributed by atoms with E-state index >= 15 is 0 Å². The molecular weight excluding hydrogens is 384 g/mol. The molecule has 156 valence electrons. The van der Waals surface area contributed by atoms with Crippen LogP contribution in [-0.2, 0) is 6.61 Å². The molecule has 0 atom stereocenters. The van der Waals surface area contributed by atoms with Crippen LogP contribution in [0.25, 0.3) is 0 Å². The fourth-order valence-corrected chi connectivity index (χ4v) is 2.93. The van der Waals surface area contributed by atoms with Gasteiger partial charge in [-0.15, -0.1) is 0 Å². The van der Waals surface area contributed by atoms with E-state index in [0.717, 1.165) is 11.1 Å². The SMILES string of the molecule is COc1ccc(NC(=O)c2cc(OC)c(C)c(OC)c2)cc1OCc1cccnc1. The number of benzene rings is 2. The van der Waals surface area contributed by atoms with Gasteiger partial charge in [0.05, 0.1) is 21.3 Å². The van der Waals surface area contributed by atoms with Crippen molar-refractivity contribution in [3.05, 3.63) is 71.5 Å². The standard InChI is InChI=1S/C23H24N2O5/c1-15-20(28-3)10-17(11-21(15)29-4)23(26)25-18-7-8-19(27-2)22(12-18)30-14-16-6-5-9-24-13-16/h5-13H,14H2,1-4H3,(H,25,26). The minimum Gasteiger partial charge on any atom is -0.496 e. The highest BCUT2D eigenvalue weighted by Gasteiger charge is 2.15. The van der Waals surface area contributed by atoms with Crippen molar-refractivity contribution in [2.24, 2.45) is 0 Å². The Kier molecular flexibility index (Phi) is 6.75. The average molecular weight is 408 g/mol. The van der Waals surface area contributed by atoms with Crippen molar-refractivity contribution in [3.8, 4) is 23.0 Å². The van der Waals surface area contributed by atoms with E-state index in [2.05, 4.69) is 10.3 Å². The minimum absolute atomic E-state index is 0.296. The monoisotopic (exact) mass is 408 g/mol. The van der Waals surface area contributed by atoms with Crippen LogP contribution in [0.3, 0.4) is 0 Å². The van der Waals surface area contributed by atoms with Gasteiger partial charge in [-0.3, -0.25) is 9.78 Å². The lowest BCUT2D eigenvalue weighted by molar-refractivity contribution is 0.102. The Morgan fingerprint density at radius 3 is 2.23 bits per heavy atom. The first-order valence-electron chi connectivity index (χ1n) is 9.29. The third kappa shape index (κ3) is 4.81. The van der Waals surface area contributed by atoms with Crippen molar-refractivity contribution in [1.29, 1.82) is 0 Å². The van der Waals surface area contributed by atoms with Crippen LogP contribution in [0.2, 0.25) is 0 Å². The molecule has 0 unspecified atom stereocenters. The van der Waals surface area contributed by atoms with E-state index in [0.29, 0.717) is 40.9 Å². The maximum Gasteiger partial charge on any atom is 0.255 e. The number of rotatable bonds is 8. The van der Waals surface area contributed by atoms with Crippen LogP contribution in [-0.4, -0.2) is 32.2 Å². The van der Waals surface area contributed by atoms with Gasteiger partial charge >= 0.3 is 0 Å². The smallest absolute Gasteiger partial charge is 0.255 e. The molecule has 1 amide bonds. The lowest BCUT2D eigenvalue weighted by Crippen LogP contribution is -2.13. The summed E-state index contributed by atoms with van der Waals surface area (Å²) in [5.41, 5.74) is 2.74. The Morgan fingerprint density at radius 1 is 0.933 bits per heavy atom. The van der Waals surface area contributed by atoms with Crippen LogP contribution in [0.1, 0.15) is 21.5 Å². The predicted octanol–water partition coefficient (Wildman–Crippen LogP) is 4.25. The first-order chi connectivity index (χ1) is 14.5. The fraction of sp³-hybridized carbons (Fsp3) is 0.217.